The van der Waals surface area contributed by atoms with Crippen LogP contribution >= 0.6 is 11.6 Å². The van der Waals surface area contributed by atoms with Crippen molar-refractivity contribution in [3.05, 3.63) is 47.0 Å². The fourth-order valence-electron chi connectivity index (χ4n) is 2.02. The summed E-state index contributed by atoms with van der Waals surface area (Å²) in [5, 5.41) is 2.87. The minimum absolute atomic E-state index is 0.262. The molecule has 0 fully saturated rings. The van der Waals surface area contributed by atoms with Crippen molar-refractivity contribution >= 4 is 34.9 Å². The minimum atomic E-state index is -0.651. The lowest BCUT2D eigenvalue weighted by atomic mass is 10.2. The molecule has 0 spiro atoms. The van der Waals surface area contributed by atoms with Crippen LogP contribution in [0.2, 0.25) is 5.02 Å². The van der Waals surface area contributed by atoms with Crippen molar-refractivity contribution in [2.24, 2.45) is 0 Å². The maximum absolute atomic E-state index is 12.0. The molecule has 0 heterocycles. The summed E-state index contributed by atoms with van der Waals surface area (Å²) in [5.74, 6) is -0.430. The van der Waals surface area contributed by atoms with E-state index >= 15 is 0 Å². The van der Waals surface area contributed by atoms with Crippen molar-refractivity contribution in [1.29, 1.82) is 0 Å². The van der Waals surface area contributed by atoms with E-state index in [-0.39, 0.29) is 5.56 Å². The first-order valence-electron chi connectivity index (χ1n) is 7.18. The number of methoxy groups -OCH3 is 2. The molecule has 132 valence electrons. The van der Waals surface area contributed by atoms with Crippen molar-refractivity contribution in [2.45, 2.75) is 0 Å². The fraction of sp³-hybridized carbons (Fsp3) is 0.176. The quantitative estimate of drug-likeness (QED) is 0.604. The van der Waals surface area contributed by atoms with E-state index in [1.54, 1.807) is 18.2 Å². The summed E-state index contributed by atoms with van der Waals surface area (Å²) in [6.07, 6.45) is 0. The van der Waals surface area contributed by atoms with Gasteiger partial charge in [-0.2, -0.15) is 0 Å². The topological polar surface area (TPSA) is 99.9 Å². The van der Waals surface area contributed by atoms with Gasteiger partial charge in [-0.15, -0.1) is 0 Å². The third-order valence-electron chi connectivity index (χ3n) is 3.20. The number of nitrogen functional groups attached to an aromatic ring is 1. The summed E-state index contributed by atoms with van der Waals surface area (Å²) in [7, 11) is 2.91. The molecule has 2 rings (SSSR count). The van der Waals surface area contributed by atoms with E-state index in [1.165, 1.54) is 32.4 Å². The van der Waals surface area contributed by atoms with Crippen LogP contribution in [0, 0.1) is 0 Å². The highest BCUT2D eigenvalue weighted by atomic mass is 35.5. The summed E-state index contributed by atoms with van der Waals surface area (Å²) in [5.41, 5.74) is 6.62. The first-order valence-corrected chi connectivity index (χ1v) is 7.56. The SMILES string of the molecule is COc1cc(OC)c(NC(=O)COC(=O)c2cccc(N)c2)cc1Cl. The van der Waals surface area contributed by atoms with E-state index in [0.717, 1.165) is 0 Å². The van der Waals surface area contributed by atoms with Gasteiger partial charge in [0, 0.05) is 11.8 Å². The van der Waals surface area contributed by atoms with Crippen LogP contribution < -0.4 is 20.5 Å². The Balaban J connectivity index is 2.01. The number of amides is 1. The number of esters is 1. The minimum Gasteiger partial charge on any atom is -0.495 e. The van der Waals surface area contributed by atoms with Gasteiger partial charge < -0.3 is 25.3 Å². The fourth-order valence-corrected chi connectivity index (χ4v) is 2.26. The number of halogens is 1. The molecule has 0 aliphatic carbocycles. The van der Waals surface area contributed by atoms with Crippen molar-refractivity contribution in [2.75, 3.05) is 31.9 Å². The van der Waals surface area contributed by atoms with Crippen LogP contribution in [-0.2, 0) is 9.53 Å². The number of hydrogen-bond acceptors (Lipinski definition) is 6. The number of rotatable bonds is 6. The van der Waals surface area contributed by atoms with E-state index in [4.69, 9.17) is 31.5 Å². The Morgan fingerprint density at radius 2 is 1.84 bits per heavy atom. The third-order valence-corrected chi connectivity index (χ3v) is 3.50. The second-order valence-electron chi connectivity index (χ2n) is 4.94. The Morgan fingerprint density at radius 1 is 1.12 bits per heavy atom. The first-order chi connectivity index (χ1) is 11.9. The lowest BCUT2D eigenvalue weighted by molar-refractivity contribution is -0.119. The highest BCUT2D eigenvalue weighted by Gasteiger charge is 2.14. The van der Waals surface area contributed by atoms with Crippen LogP contribution in [0.5, 0.6) is 11.5 Å². The molecule has 8 heteroatoms. The molecule has 0 bridgehead atoms. The zero-order valence-corrected chi connectivity index (χ0v) is 14.4. The molecule has 0 radical (unpaired) electrons. The van der Waals surface area contributed by atoms with Crippen LogP contribution in [0.25, 0.3) is 0 Å². The molecule has 0 atom stereocenters. The molecule has 3 N–H and O–H groups in total. The molecule has 7 nitrogen and oxygen atoms in total. The predicted molar refractivity (Wildman–Crippen MR) is 94.3 cm³/mol. The predicted octanol–water partition coefficient (Wildman–Crippen LogP) is 2.73. The summed E-state index contributed by atoms with van der Waals surface area (Å²) < 4.78 is 15.2. The number of benzene rings is 2. The van der Waals surface area contributed by atoms with Crippen LogP contribution in [-0.4, -0.2) is 32.7 Å². The molecule has 0 aromatic heterocycles. The van der Waals surface area contributed by atoms with Crippen molar-refractivity contribution in [3.63, 3.8) is 0 Å². The Bertz CT molecular complexity index is 795. The molecule has 0 aliphatic heterocycles. The van der Waals surface area contributed by atoms with Crippen LogP contribution in [0.1, 0.15) is 10.4 Å². The monoisotopic (exact) mass is 364 g/mol. The van der Waals surface area contributed by atoms with Gasteiger partial charge in [0.1, 0.15) is 11.5 Å². The summed E-state index contributed by atoms with van der Waals surface area (Å²) in [6.45, 7) is -0.472. The number of hydrogen-bond donors (Lipinski definition) is 2. The largest absolute Gasteiger partial charge is 0.495 e. The standard InChI is InChI=1S/C17H17ClN2O5/c1-23-14-8-15(24-2)13(7-12(14)18)20-16(21)9-25-17(22)10-4-3-5-11(19)6-10/h3-8H,9,19H2,1-2H3,(H,20,21). The van der Waals surface area contributed by atoms with Crippen molar-refractivity contribution in [3.8, 4) is 11.5 Å². The van der Waals surface area contributed by atoms with Crippen LogP contribution in [0.3, 0.4) is 0 Å². The summed E-state index contributed by atoms with van der Waals surface area (Å²) in [4.78, 5) is 23.9. The maximum Gasteiger partial charge on any atom is 0.338 e. The van der Waals surface area contributed by atoms with E-state index in [0.29, 0.717) is 27.9 Å². The lowest BCUT2D eigenvalue weighted by Gasteiger charge is -2.13. The summed E-state index contributed by atoms with van der Waals surface area (Å²) in [6, 6.07) is 9.29. The number of carbonyl (C=O) groups excluding carboxylic acids is 2. The van der Waals surface area contributed by atoms with E-state index in [2.05, 4.69) is 5.32 Å². The number of anilines is 2. The summed E-state index contributed by atoms with van der Waals surface area (Å²) >= 11 is 6.04. The Morgan fingerprint density at radius 3 is 2.48 bits per heavy atom. The normalized spacial score (nSPS) is 10.0. The Hall–Kier alpha value is -2.93. The van der Waals surface area contributed by atoms with Crippen LogP contribution in [0.4, 0.5) is 11.4 Å². The third kappa shape index (κ3) is 4.77. The molecule has 25 heavy (non-hydrogen) atoms. The molecule has 0 saturated carbocycles. The average molecular weight is 365 g/mol. The maximum atomic E-state index is 12.0. The molecule has 0 unspecified atom stereocenters. The Labute approximate surface area is 149 Å². The second kappa shape index (κ2) is 8.25. The van der Waals surface area contributed by atoms with Gasteiger partial charge in [0.15, 0.2) is 6.61 Å². The smallest absolute Gasteiger partial charge is 0.338 e. The molecule has 2 aromatic carbocycles. The van der Waals surface area contributed by atoms with Gasteiger partial charge in [-0.05, 0) is 24.3 Å². The Kier molecular flexibility index (Phi) is 6.08. The highest BCUT2D eigenvalue weighted by molar-refractivity contribution is 6.32. The molecular weight excluding hydrogens is 348 g/mol. The molecule has 0 aliphatic rings. The zero-order chi connectivity index (χ0) is 18.4. The van der Waals surface area contributed by atoms with Gasteiger partial charge >= 0.3 is 5.97 Å². The first kappa shape index (κ1) is 18.4. The lowest BCUT2D eigenvalue weighted by Crippen LogP contribution is -2.21. The average Bonchev–Trinajstić information content (AvgIpc) is 2.60. The number of nitrogens with two attached hydrogens (primary N) is 1. The van der Waals surface area contributed by atoms with E-state index in [1.807, 2.05) is 0 Å². The van der Waals surface area contributed by atoms with Crippen molar-refractivity contribution in [1.82, 2.24) is 0 Å². The van der Waals surface area contributed by atoms with Gasteiger partial charge in [-0.25, -0.2) is 4.79 Å². The van der Waals surface area contributed by atoms with Gasteiger partial charge in [0.2, 0.25) is 0 Å². The number of nitrogens with one attached hydrogen (secondary N) is 1. The highest BCUT2D eigenvalue weighted by Crippen LogP contribution is 2.35. The molecule has 0 saturated heterocycles. The second-order valence-corrected chi connectivity index (χ2v) is 5.34. The van der Waals surface area contributed by atoms with E-state index in [9.17, 15) is 9.59 Å². The molecule has 2 aromatic rings. The number of ether oxygens (including phenoxy) is 3. The van der Waals surface area contributed by atoms with Gasteiger partial charge in [0.05, 0.1) is 30.5 Å². The van der Waals surface area contributed by atoms with Gasteiger partial charge in [0.25, 0.3) is 5.91 Å². The zero-order valence-electron chi connectivity index (χ0n) is 13.7. The van der Waals surface area contributed by atoms with Crippen molar-refractivity contribution < 1.29 is 23.8 Å². The van der Waals surface area contributed by atoms with E-state index < -0.39 is 18.5 Å². The molecule has 1 amide bonds. The number of carbonyl (C=O) groups is 2. The van der Waals surface area contributed by atoms with Crippen LogP contribution in [0.15, 0.2) is 36.4 Å². The van der Waals surface area contributed by atoms with Gasteiger partial charge in [-0.3, -0.25) is 4.79 Å². The molecular formula is C17H17ClN2O5. The van der Waals surface area contributed by atoms with Gasteiger partial charge in [-0.1, -0.05) is 17.7 Å².